The molecule has 1 atom stereocenters. The van der Waals surface area contributed by atoms with Gasteiger partial charge in [-0.15, -0.1) is 0 Å². The van der Waals surface area contributed by atoms with Crippen LogP contribution in [-0.2, 0) is 14.4 Å². The van der Waals surface area contributed by atoms with Crippen LogP contribution in [0.15, 0.2) is 0 Å². The third-order valence-electron chi connectivity index (χ3n) is 3.19. The van der Waals surface area contributed by atoms with Crippen molar-refractivity contribution in [2.45, 2.75) is 44.6 Å². The van der Waals surface area contributed by atoms with Crippen molar-refractivity contribution in [1.29, 1.82) is 0 Å². The van der Waals surface area contributed by atoms with Crippen LogP contribution in [0, 0.1) is 0 Å². The van der Waals surface area contributed by atoms with Crippen molar-refractivity contribution < 1.29 is 19.5 Å². The van der Waals surface area contributed by atoms with Crippen LogP contribution in [0.5, 0.6) is 0 Å². The Morgan fingerprint density at radius 2 is 1.95 bits per heavy atom. The van der Waals surface area contributed by atoms with Gasteiger partial charge in [0.1, 0.15) is 5.54 Å². The van der Waals surface area contributed by atoms with E-state index in [1.54, 1.807) is 0 Å². The fourth-order valence-electron chi connectivity index (χ4n) is 1.98. The van der Waals surface area contributed by atoms with Crippen molar-refractivity contribution in [3.05, 3.63) is 0 Å². The second-order valence-electron chi connectivity index (χ2n) is 4.94. The van der Waals surface area contributed by atoms with E-state index < -0.39 is 11.5 Å². The Morgan fingerprint density at radius 3 is 2.50 bits per heavy atom. The van der Waals surface area contributed by atoms with Gasteiger partial charge in [-0.05, 0) is 25.0 Å². The summed E-state index contributed by atoms with van der Waals surface area (Å²) in [5.41, 5.74) is -1.12. The number of carbonyl (C=O) groups is 3. The van der Waals surface area contributed by atoms with E-state index in [1.807, 2.05) is 6.92 Å². The minimum Gasteiger partial charge on any atom is -0.479 e. The number of hydrogen-bond donors (Lipinski definition) is 3. The van der Waals surface area contributed by atoms with Gasteiger partial charge in [-0.3, -0.25) is 9.59 Å². The Labute approximate surface area is 123 Å². The SMILES string of the molecule is CCCNC(=O)CCCC(=O)NC1(C(=O)O)CCSC1. The molecule has 1 rings (SSSR count). The van der Waals surface area contributed by atoms with Crippen LogP contribution in [-0.4, -0.2) is 46.5 Å². The van der Waals surface area contributed by atoms with Crippen LogP contribution in [0.2, 0.25) is 0 Å². The monoisotopic (exact) mass is 302 g/mol. The molecule has 0 radical (unpaired) electrons. The molecule has 1 aliphatic heterocycles. The molecule has 0 spiro atoms. The molecule has 0 saturated carbocycles. The van der Waals surface area contributed by atoms with Crippen LogP contribution < -0.4 is 10.6 Å². The third kappa shape index (κ3) is 5.03. The molecule has 1 fully saturated rings. The molecular formula is C13H22N2O4S. The van der Waals surface area contributed by atoms with Gasteiger partial charge >= 0.3 is 5.97 Å². The van der Waals surface area contributed by atoms with Crippen LogP contribution in [0.25, 0.3) is 0 Å². The number of hydrogen-bond acceptors (Lipinski definition) is 4. The van der Waals surface area contributed by atoms with Crippen molar-refractivity contribution in [2.24, 2.45) is 0 Å². The summed E-state index contributed by atoms with van der Waals surface area (Å²) in [5, 5.41) is 14.6. The number of amides is 2. The van der Waals surface area contributed by atoms with Crippen LogP contribution in [0.1, 0.15) is 39.0 Å². The average Bonchev–Trinajstić information content (AvgIpc) is 2.86. The number of aliphatic carboxylic acids is 1. The molecule has 0 aromatic rings. The molecule has 0 aromatic carbocycles. The maximum Gasteiger partial charge on any atom is 0.330 e. The number of carboxylic acids is 1. The molecule has 114 valence electrons. The zero-order chi connectivity index (χ0) is 15.0. The highest BCUT2D eigenvalue weighted by Crippen LogP contribution is 2.28. The average molecular weight is 302 g/mol. The van der Waals surface area contributed by atoms with Gasteiger partial charge < -0.3 is 15.7 Å². The van der Waals surface area contributed by atoms with Gasteiger partial charge in [0.15, 0.2) is 0 Å². The molecule has 7 heteroatoms. The second-order valence-corrected chi connectivity index (χ2v) is 6.05. The fourth-order valence-corrected chi connectivity index (χ4v) is 3.30. The summed E-state index contributed by atoms with van der Waals surface area (Å²) in [4.78, 5) is 34.4. The number of carboxylic acid groups (broad SMARTS) is 1. The van der Waals surface area contributed by atoms with Crippen molar-refractivity contribution in [1.82, 2.24) is 10.6 Å². The van der Waals surface area contributed by atoms with E-state index in [0.717, 1.165) is 12.2 Å². The van der Waals surface area contributed by atoms with Gasteiger partial charge in [-0.25, -0.2) is 4.79 Å². The molecule has 1 heterocycles. The highest BCUT2D eigenvalue weighted by atomic mass is 32.2. The second kappa shape index (κ2) is 8.14. The highest BCUT2D eigenvalue weighted by molar-refractivity contribution is 7.99. The van der Waals surface area contributed by atoms with Gasteiger partial charge in [0.05, 0.1) is 0 Å². The molecule has 0 bridgehead atoms. The topological polar surface area (TPSA) is 95.5 Å². The quantitative estimate of drug-likeness (QED) is 0.615. The lowest BCUT2D eigenvalue weighted by Gasteiger charge is -2.24. The van der Waals surface area contributed by atoms with E-state index in [2.05, 4.69) is 10.6 Å². The lowest BCUT2D eigenvalue weighted by Crippen LogP contribution is -2.54. The highest BCUT2D eigenvalue weighted by Gasteiger charge is 2.43. The first-order chi connectivity index (χ1) is 9.50. The summed E-state index contributed by atoms with van der Waals surface area (Å²) >= 11 is 1.53. The van der Waals surface area contributed by atoms with Crippen LogP contribution in [0.3, 0.4) is 0 Å². The number of carbonyl (C=O) groups excluding carboxylic acids is 2. The van der Waals surface area contributed by atoms with E-state index in [9.17, 15) is 19.5 Å². The summed E-state index contributed by atoms with van der Waals surface area (Å²) in [6, 6.07) is 0. The van der Waals surface area contributed by atoms with Crippen molar-refractivity contribution in [3.8, 4) is 0 Å². The summed E-state index contributed by atoms with van der Waals surface area (Å²) in [6.07, 6.45) is 2.24. The fraction of sp³-hybridized carbons (Fsp3) is 0.769. The molecule has 2 amide bonds. The van der Waals surface area contributed by atoms with Crippen molar-refractivity contribution in [2.75, 3.05) is 18.1 Å². The molecule has 1 unspecified atom stereocenters. The Hall–Kier alpha value is -1.24. The normalized spacial score (nSPS) is 21.4. The summed E-state index contributed by atoms with van der Waals surface area (Å²) < 4.78 is 0. The van der Waals surface area contributed by atoms with Gasteiger partial charge in [-0.2, -0.15) is 11.8 Å². The maximum atomic E-state index is 11.8. The Morgan fingerprint density at radius 1 is 1.25 bits per heavy atom. The van der Waals surface area contributed by atoms with E-state index in [4.69, 9.17) is 0 Å². The van der Waals surface area contributed by atoms with E-state index >= 15 is 0 Å². The van der Waals surface area contributed by atoms with Gasteiger partial charge in [0.25, 0.3) is 0 Å². The number of thioether (sulfide) groups is 1. The van der Waals surface area contributed by atoms with Crippen molar-refractivity contribution >= 4 is 29.5 Å². The smallest absolute Gasteiger partial charge is 0.330 e. The Bertz CT molecular complexity index is 367. The minimum atomic E-state index is -1.12. The lowest BCUT2D eigenvalue weighted by atomic mass is 9.99. The van der Waals surface area contributed by atoms with E-state index in [0.29, 0.717) is 31.6 Å². The van der Waals surface area contributed by atoms with Gasteiger partial charge in [0, 0.05) is 25.1 Å². The minimum absolute atomic E-state index is 0.0657. The number of rotatable bonds is 8. The third-order valence-corrected chi connectivity index (χ3v) is 4.38. The maximum absolute atomic E-state index is 11.8. The van der Waals surface area contributed by atoms with E-state index in [1.165, 1.54) is 11.8 Å². The standard InChI is InChI=1S/C13H22N2O4S/c1-2-7-14-10(16)4-3-5-11(17)15-13(12(18)19)6-8-20-9-13/h2-9H2,1H3,(H,14,16)(H,15,17)(H,18,19). The Balaban J connectivity index is 2.29. The predicted octanol–water partition coefficient (Wildman–Crippen LogP) is 0.759. The number of nitrogens with one attached hydrogen (secondary N) is 2. The summed E-state index contributed by atoms with van der Waals surface area (Å²) in [7, 11) is 0. The Kier molecular flexibility index (Phi) is 6.84. The summed E-state index contributed by atoms with van der Waals surface area (Å²) in [6.45, 7) is 2.61. The van der Waals surface area contributed by atoms with Crippen molar-refractivity contribution in [3.63, 3.8) is 0 Å². The molecule has 20 heavy (non-hydrogen) atoms. The van der Waals surface area contributed by atoms with Gasteiger partial charge in [-0.1, -0.05) is 6.92 Å². The zero-order valence-electron chi connectivity index (χ0n) is 11.7. The first-order valence-corrected chi connectivity index (χ1v) is 8.04. The molecule has 0 aliphatic carbocycles. The molecule has 6 nitrogen and oxygen atoms in total. The molecule has 1 aliphatic rings. The first kappa shape index (κ1) is 16.8. The lowest BCUT2D eigenvalue weighted by molar-refractivity contribution is -0.146. The molecule has 3 N–H and O–H groups in total. The molecule has 0 aromatic heterocycles. The van der Waals surface area contributed by atoms with Gasteiger partial charge in [0.2, 0.25) is 11.8 Å². The van der Waals surface area contributed by atoms with Crippen LogP contribution in [0.4, 0.5) is 0 Å². The predicted molar refractivity (Wildman–Crippen MR) is 77.6 cm³/mol. The van der Waals surface area contributed by atoms with E-state index in [-0.39, 0.29) is 18.2 Å². The van der Waals surface area contributed by atoms with Crippen LogP contribution >= 0.6 is 11.8 Å². The molecule has 1 saturated heterocycles. The largest absolute Gasteiger partial charge is 0.479 e. The summed E-state index contributed by atoms with van der Waals surface area (Å²) in [5.74, 6) is -0.185. The molecular weight excluding hydrogens is 280 g/mol. The first-order valence-electron chi connectivity index (χ1n) is 6.89. The zero-order valence-corrected chi connectivity index (χ0v) is 12.6.